The minimum absolute atomic E-state index is 0.448. The Labute approximate surface area is 138 Å². The van der Waals surface area contributed by atoms with Crippen LogP contribution in [0, 0.1) is 6.92 Å². The van der Waals surface area contributed by atoms with Crippen LogP contribution in [0.4, 0.5) is 0 Å². The van der Waals surface area contributed by atoms with Crippen LogP contribution in [-0.2, 0) is 5.75 Å². The largest absolute Gasteiger partial charge is 0.416 e. The van der Waals surface area contributed by atoms with E-state index in [9.17, 15) is 0 Å². The Hall–Kier alpha value is -1.89. The Morgan fingerprint density at radius 2 is 2.13 bits per heavy atom. The molecule has 1 N–H and O–H groups in total. The van der Waals surface area contributed by atoms with Gasteiger partial charge in [0.05, 0.1) is 11.3 Å². The predicted octanol–water partition coefficient (Wildman–Crippen LogP) is 3.99. The topological polar surface area (TPSA) is 80.5 Å². The van der Waals surface area contributed by atoms with Crippen molar-refractivity contribution in [1.82, 2.24) is 25.1 Å². The average Bonchev–Trinajstić information content (AvgIpc) is 3.21. The van der Waals surface area contributed by atoms with E-state index < -0.39 is 0 Å². The molecular weight excluding hydrogens is 310 g/mol. The summed E-state index contributed by atoms with van der Waals surface area (Å²) >= 11 is 1.52. The summed E-state index contributed by atoms with van der Waals surface area (Å²) < 4.78 is 5.83. The van der Waals surface area contributed by atoms with Crippen molar-refractivity contribution in [3.05, 3.63) is 29.5 Å². The number of fused-ring (bicyclic) bond motifs is 1. The second kappa shape index (κ2) is 6.31. The van der Waals surface area contributed by atoms with Crippen molar-refractivity contribution in [2.45, 2.75) is 55.9 Å². The molecule has 0 aromatic carbocycles. The van der Waals surface area contributed by atoms with Gasteiger partial charge in [0.25, 0.3) is 5.22 Å². The van der Waals surface area contributed by atoms with E-state index in [1.165, 1.54) is 43.9 Å². The third-order valence-electron chi connectivity index (χ3n) is 4.36. The van der Waals surface area contributed by atoms with E-state index in [0.29, 0.717) is 16.9 Å². The van der Waals surface area contributed by atoms with Gasteiger partial charge in [0.15, 0.2) is 5.65 Å². The predicted molar refractivity (Wildman–Crippen MR) is 88.3 cm³/mol. The molecule has 0 bridgehead atoms. The van der Waals surface area contributed by atoms with E-state index in [1.807, 2.05) is 13.0 Å². The molecule has 0 aliphatic heterocycles. The van der Waals surface area contributed by atoms with Gasteiger partial charge in [0.2, 0.25) is 5.89 Å². The zero-order valence-corrected chi connectivity index (χ0v) is 13.9. The molecule has 0 radical (unpaired) electrons. The van der Waals surface area contributed by atoms with Gasteiger partial charge in [0, 0.05) is 12.1 Å². The maximum atomic E-state index is 5.83. The lowest BCUT2D eigenvalue weighted by Gasteiger charge is -2.17. The van der Waals surface area contributed by atoms with E-state index in [0.717, 1.165) is 28.4 Å². The first-order chi connectivity index (χ1) is 11.3. The summed E-state index contributed by atoms with van der Waals surface area (Å²) in [6.07, 6.45) is 7.97. The average molecular weight is 329 g/mol. The summed E-state index contributed by atoms with van der Waals surface area (Å²) in [4.78, 5) is 12.1. The highest BCUT2D eigenvalue weighted by molar-refractivity contribution is 7.98. The fourth-order valence-corrected chi connectivity index (χ4v) is 3.71. The van der Waals surface area contributed by atoms with Crippen molar-refractivity contribution in [1.29, 1.82) is 0 Å². The Morgan fingerprint density at radius 3 is 2.96 bits per heavy atom. The van der Waals surface area contributed by atoms with Gasteiger partial charge in [-0.15, -0.1) is 10.2 Å². The van der Waals surface area contributed by atoms with Crippen LogP contribution in [0.25, 0.3) is 11.2 Å². The van der Waals surface area contributed by atoms with Crippen molar-refractivity contribution < 1.29 is 4.42 Å². The molecule has 0 unspecified atom stereocenters. The van der Waals surface area contributed by atoms with Crippen molar-refractivity contribution in [2.24, 2.45) is 0 Å². The maximum absolute atomic E-state index is 5.83. The Kier molecular flexibility index (Phi) is 4.03. The second-order valence-electron chi connectivity index (χ2n) is 6.04. The first-order valence-corrected chi connectivity index (χ1v) is 9.04. The number of nitrogens with one attached hydrogen (secondary N) is 1. The number of H-pyrrole nitrogens is 1. The molecule has 1 aliphatic rings. The minimum Gasteiger partial charge on any atom is -0.416 e. The van der Waals surface area contributed by atoms with Crippen LogP contribution in [-0.4, -0.2) is 25.1 Å². The highest BCUT2D eigenvalue weighted by Gasteiger charge is 2.21. The zero-order chi connectivity index (χ0) is 15.6. The SMILES string of the molecule is Cc1ccnc2nc(CSc3nnc(C4CCCCC4)o3)[nH]c12. The van der Waals surface area contributed by atoms with Crippen LogP contribution in [0.2, 0.25) is 0 Å². The number of rotatable bonds is 4. The molecule has 0 spiro atoms. The molecule has 0 amide bonds. The molecule has 1 saturated carbocycles. The molecule has 0 saturated heterocycles. The van der Waals surface area contributed by atoms with Crippen LogP contribution in [0.1, 0.15) is 55.3 Å². The van der Waals surface area contributed by atoms with E-state index in [4.69, 9.17) is 4.42 Å². The van der Waals surface area contributed by atoms with Crippen molar-refractivity contribution in [3.63, 3.8) is 0 Å². The summed E-state index contributed by atoms with van der Waals surface area (Å²) in [6, 6.07) is 1.98. The summed E-state index contributed by atoms with van der Waals surface area (Å²) in [6.45, 7) is 2.05. The lowest BCUT2D eigenvalue weighted by atomic mass is 9.89. The van der Waals surface area contributed by atoms with Gasteiger partial charge in [-0.1, -0.05) is 31.0 Å². The van der Waals surface area contributed by atoms with Gasteiger partial charge in [-0.3, -0.25) is 0 Å². The molecule has 3 heterocycles. The van der Waals surface area contributed by atoms with Gasteiger partial charge >= 0.3 is 0 Å². The molecule has 7 heteroatoms. The molecule has 3 aromatic heterocycles. The molecule has 23 heavy (non-hydrogen) atoms. The molecule has 1 aliphatic carbocycles. The third-order valence-corrected chi connectivity index (χ3v) is 5.19. The highest BCUT2D eigenvalue weighted by Crippen LogP contribution is 2.33. The monoisotopic (exact) mass is 329 g/mol. The molecular formula is C16H19N5OS. The minimum atomic E-state index is 0.448. The fourth-order valence-electron chi connectivity index (χ4n) is 3.07. The Morgan fingerprint density at radius 1 is 1.26 bits per heavy atom. The van der Waals surface area contributed by atoms with Crippen molar-refractivity contribution in [2.75, 3.05) is 0 Å². The van der Waals surface area contributed by atoms with E-state index in [2.05, 4.69) is 25.1 Å². The van der Waals surface area contributed by atoms with Crippen molar-refractivity contribution in [3.8, 4) is 0 Å². The summed E-state index contributed by atoms with van der Waals surface area (Å²) in [5, 5.41) is 9.02. The summed E-state index contributed by atoms with van der Waals surface area (Å²) in [5.41, 5.74) is 2.90. The maximum Gasteiger partial charge on any atom is 0.277 e. The number of nitrogens with zero attached hydrogens (tertiary/aromatic N) is 4. The van der Waals surface area contributed by atoms with Gasteiger partial charge < -0.3 is 9.40 Å². The van der Waals surface area contributed by atoms with Crippen LogP contribution in [0.5, 0.6) is 0 Å². The standard InChI is InChI=1S/C16H19N5OS/c1-10-7-8-17-14-13(10)18-12(19-14)9-23-16-21-20-15(22-16)11-5-3-2-4-6-11/h7-8,11H,2-6,9H2,1H3,(H,17,18,19). The Bertz CT molecular complexity index is 806. The van der Waals surface area contributed by atoms with Crippen molar-refractivity contribution >= 4 is 22.9 Å². The summed E-state index contributed by atoms with van der Waals surface area (Å²) in [7, 11) is 0. The Balaban J connectivity index is 1.44. The van der Waals surface area contributed by atoms with E-state index in [1.54, 1.807) is 6.20 Å². The molecule has 3 aromatic rings. The first-order valence-electron chi connectivity index (χ1n) is 8.06. The number of aryl methyl sites for hydroxylation is 1. The quantitative estimate of drug-likeness (QED) is 0.729. The molecule has 1 fully saturated rings. The number of imidazole rings is 1. The fraction of sp³-hybridized carbons (Fsp3) is 0.500. The van der Waals surface area contributed by atoms with Crippen LogP contribution >= 0.6 is 11.8 Å². The lowest BCUT2D eigenvalue weighted by molar-refractivity contribution is 0.334. The van der Waals surface area contributed by atoms with E-state index >= 15 is 0 Å². The number of aromatic nitrogens is 5. The molecule has 6 nitrogen and oxygen atoms in total. The third kappa shape index (κ3) is 3.10. The molecule has 120 valence electrons. The van der Waals surface area contributed by atoms with E-state index in [-0.39, 0.29) is 0 Å². The van der Waals surface area contributed by atoms with Crippen LogP contribution in [0.15, 0.2) is 21.9 Å². The molecule has 4 rings (SSSR count). The van der Waals surface area contributed by atoms with Gasteiger partial charge in [-0.25, -0.2) is 9.97 Å². The van der Waals surface area contributed by atoms with Gasteiger partial charge in [0.1, 0.15) is 5.82 Å². The lowest BCUT2D eigenvalue weighted by Crippen LogP contribution is -2.04. The normalized spacial score (nSPS) is 16.2. The smallest absolute Gasteiger partial charge is 0.277 e. The number of hydrogen-bond acceptors (Lipinski definition) is 6. The first kappa shape index (κ1) is 14.7. The summed E-state index contributed by atoms with van der Waals surface area (Å²) in [5.74, 6) is 2.80. The van der Waals surface area contributed by atoms with Crippen LogP contribution in [0.3, 0.4) is 0 Å². The van der Waals surface area contributed by atoms with Crippen LogP contribution < -0.4 is 0 Å². The number of pyridine rings is 1. The van der Waals surface area contributed by atoms with Gasteiger partial charge in [-0.2, -0.15) is 0 Å². The highest BCUT2D eigenvalue weighted by atomic mass is 32.2. The number of thioether (sulfide) groups is 1. The number of aromatic amines is 1. The second-order valence-corrected chi connectivity index (χ2v) is 6.97. The number of hydrogen-bond donors (Lipinski definition) is 1. The molecule has 0 atom stereocenters. The van der Waals surface area contributed by atoms with Gasteiger partial charge in [-0.05, 0) is 31.4 Å². The zero-order valence-electron chi connectivity index (χ0n) is 13.1.